The van der Waals surface area contributed by atoms with Crippen molar-refractivity contribution in [3.8, 4) is 11.5 Å². The lowest BCUT2D eigenvalue weighted by Crippen LogP contribution is -2.58. The van der Waals surface area contributed by atoms with Crippen LogP contribution in [0, 0.1) is 0 Å². The Morgan fingerprint density at radius 1 is 0.692 bits per heavy atom. The highest BCUT2D eigenvalue weighted by Crippen LogP contribution is 2.14. The number of aliphatic carboxylic acids is 2. The van der Waals surface area contributed by atoms with Crippen LogP contribution in [0.2, 0.25) is 0 Å². The molecule has 4 unspecified atom stereocenters. The van der Waals surface area contributed by atoms with Crippen molar-refractivity contribution in [2.24, 2.45) is 5.73 Å². The first kappa shape index (κ1) is 30.9. The molecule has 0 heterocycles. The van der Waals surface area contributed by atoms with Gasteiger partial charge in [-0.2, -0.15) is 12.6 Å². The summed E-state index contributed by atoms with van der Waals surface area (Å²) < 4.78 is 0. The number of hydrogen-bond acceptors (Lipinski definition) is 9. The maximum atomic E-state index is 13.4. The van der Waals surface area contributed by atoms with E-state index in [-0.39, 0.29) is 30.1 Å². The fourth-order valence-electron chi connectivity index (χ4n) is 3.44. The van der Waals surface area contributed by atoms with Crippen LogP contribution in [-0.4, -0.2) is 80.0 Å². The minimum Gasteiger partial charge on any atom is -0.508 e. The van der Waals surface area contributed by atoms with Gasteiger partial charge in [-0.25, -0.2) is 4.79 Å². The Labute approximate surface area is 228 Å². The van der Waals surface area contributed by atoms with Crippen LogP contribution in [0.25, 0.3) is 0 Å². The zero-order valence-corrected chi connectivity index (χ0v) is 21.5. The molecule has 2 rings (SSSR count). The number of hydrogen-bond donors (Lipinski definition) is 9. The molecule has 39 heavy (non-hydrogen) atoms. The second-order valence-corrected chi connectivity index (χ2v) is 9.01. The Balaban J connectivity index is 2.34. The summed E-state index contributed by atoms with van der Waals surface area (Å²) in [5, 5.41) is 44.5. The van der Waals surface area contributed by atoms with Crippen molar-refractivity contribution in [2.45, 2.75) is 43.4 Å². The molecule has 0 aliphatic heterocycles. The summed E-state index contributed by atoms with van der Waals surface area (Å²) in [6.07, 6.45) is -1.11. The van der Waals surface area contributed by atoms with E-state index in [1.165, 1.54) is 48.5 Å². The van der Waals surface area contributed by atoms with Crippen molar-refractivity contribution in [3.63, 3.8) is 0 Å². The van der Waals surface area contributed by atoms with Crippen LogP contribution < -0.4 is 21.7 Å². The molecule has 210 valence electrons. The number of carbonyl (C=O) groups excluding carboxylic acids is 3. The lowest BCUT2D eigenvalue weighted by atomic mass is 10.0. The zero-order chi connectivity index (χ0) is 29.1. The maximum Gasteiger partial charge on any atom is 0.326 e. The average Bonchev–Trinajstić information content (AvgIpc) is 2.88. The molecule has 2 aromatic rings. The standard InChI is InChI=1S/C25H30N4O9S/c26-17(12-39)22(34)27-18(9-13-1-5-15(30)6-2-13)23(35)28-19(10-14-3-7-16(31)8-4-14)24(36)29-20(25(37)38)11-21(32)33/h1-8,17-20,30-31,39H,9-12,26H2,(H,27,34)(H,28,35)(H,29,36)(H,32,33)(H,37,38). The molecule has 4 atom stereocenters. The van der Waals surface area contributed by atoms with E-state index in [1.807, 2.05) is 0 Å². The monoisotopic (exact) mass is 562 g/mol. The van der Waals surface area contributed by atoms with Gasteiger partial charge in [-0.05, 0) is 35.4 Å². The van der Waals surface area contributed by atoms with E-state index in [1.54, 1.807) is 0 Å². The van der Waals surface area contributed by atoms with Crippen LogP contribution >= 0.6 is 12.6 Å². The van der Waals surface area contributed by atoms with Gasteiger partial charge < -0.3 is 42.1 Å². The summed E-state index contributed by atoms with van der Waals surface area (Å²) >= 11 is 3.98. The molecule has 0 aliphatic rings. The molecule has 9 N–H and O–H groups in total. The van der Waals surface area contributed by atoms with Crippen molar-refractivity contribution in [2.75, 3.05) is 5.75 Å². The van der Waals surface area contributed by atoms with E-state index in [0.29, 0.717) is 11.1 Å². The highest BCUT2D eigenvalue weighted by atomic mass is 32.1. The Morgan fingerprint density at radius 3 is 1.44 bits per heavy atom. The van der Waals surface area contributed by atoms with E-state index >= 15 is 0 Å². The van der Waals surface area contributed by atoms with E-state index in [0.717, 1.165) is 0 Å². The molecule has 3 amide bonds. The van der Waals surface area contributed by atoms with E-state index in [9.17, 15) is 39.3 Å². The Hall–Kier alpha value is -4.30. The van der Waals surface area contributed by atoms with Crippen LogP contribution in [0.5, 0.6) is 11.5 Å². The predicted molar refractivity (Wildman–Crippen MR) is 141 cm³/mol. The molecular weight excluding hydrogens is 532 g/mol. The topological polar surface area (TPSA) is 228 Å². The quantitative estimate of drug-likeness (QED) is 0.130. The molecule has 0 spiro atoms. The fraction of sp³-hybridized carbons (Fsp3) is 0.320. The van der Waals surface area contributed by atoms with Gasteiger partial charge in [0.15, 0.2) is 0 Å². The van der Waals surface area contributed by atoms with Crippen LogP contribution in [0.4, 0.5) is 0 Å². The largest absolute Gasteiger partial charge is 0.508 e. The van der Waals surface area contributed by atoms with Crippen molar-refractivity contribution >= 4 is 42.3 Å². The van der Waals surface area contributed by atoms with Crippen molar-refractivity contribution in [1.82, 2.24) is 16.0 Å². The van der Waals surface area contributed by atoms with Gasteiger partial charge in [0.2, 0.25) is 17.7 Å². The number of carbonyl (C=O) groups is 5. The third-order valence-electron chi connectivity index (χ3n) is 5.55. The minimum absolute atomic E-state index is 0.00851. The van der Waals surface area contributed by atoms with Gasteiger partial charge in [-0.15, -0.1) is 0 Å². The number of carboxylic acid groups (broad SMARTS) is 2. The van der Waals surface area contributed by atoms with Crippen molar-refractivity contribution in [1.29, 1.82) is 0 Å². The molecule has 2 aromatic carbocycles. The molecule has 14 heteroatoms. The second-order valence-electron chi connectivity index (χ2n) is 8.65. The molecular formula is C25H30N4O9S. The average molecular weight is 563 g/mol. The number of benzene rings is 2. The summed E-state index contributed by atoms with van der Waals surface area (Å²) in [6, 6.07) is 6.07. The Bertz CT molecular complexity index is 1180. The van der Waals surface area contributed by atoms with Gasteiger partial charge >= 0.3 is 11.9 Å². The smallest absolute Gasteiger partial charge is 0.326 e. The SMILES string of the molecule is NC(CS)C(=O)NC(Cc1ccc(O)cc1)C(=O)NC(Cc1ccc(O)cc1)C(=O)NC(CC(=O)O)C(=O)O. The summed E-state index contributed by atoms with van der Waals surface area (Å²) in [5.41, 5.74) is 6.76. The van der Waals surface area contributed by atoms with E-state index in [2.05, 4.69) is 28.6 Å². The molecule has 0 aliphatic carbocycles. The molecule has 13 nitrogen and oxygen atoms in total. The number of amides is 3. The lowest BCUT2D eigenvalue weighted by Gasteiger charge is -2.25. The van der Waals surface area contributed by atoms with Crippen LogP contribution in [0.3, 0.4) is 0 Å². The van der Waals surface area contributed by atoms with E-state index < -0.39 is 60.2 Å². The lowest BCUT2D eigenvalue weighted by molar-refractivity contribution is -0.147. The number of phenols is 2. The van der Waals surface area contributed by atoms with Gasteiger partial charge in [-0.3, -0.25) is 19.2 Å². The highest BCUT2D eigenvalue weighted by molar-refractivity contribution is 7.80. The molecule has 0 fully saturated rings. The number of carboxylic acids is 2. The summed E-state index contributed by atoms with van der Waals surface area (Å²) in [6.45, 7) is 0. The van der Waals surface area contributed by atoms with Crippen LogP contribution in [0.1, 0.15) is 17.5 Å². The Kier molecular flexibility index (Phi) is 11.6. The number of aromatic hydroxyl groups is 2. The number of phenolic OH excluding ortho intramolecular Hbond substituents is 2. The van der Waals surface area contributed by atoms with E-state index in [4.69, 9.17) is 10.8 Å². The zero-order valence-electron chi connectivity index (χ0n) is 20.6. The van der Waals surface area contributed by atoms with Crippen molar-refractivity contribution in [3.05, 3.63) is 59.7 Å². The van der Waals surface area contributed by atoms with Crippen LogP contribution in [-0.2, 0) is 36.8 Å². The van der Waals surface area contributed by atoms with Gasteiger partial charge in [0.1, 0.15) is 29.6 Å². The first-order valence-corrected chi connectivity index (χ1v) is 12.3. The number of rotatable bonds is 14. The molecule has 0 radical (unpaired) electrons. The summed E-state index contributed by atoms with van der Waals surface area (Å²) in [7, 11) is 0. The highest BCUT2D eigenvalue weighted by Gasteiger charge is 2.31. The number of nitrogens with one attached hydrogen (secondary N) is 3. The maximum absolute atomic E-state index is 13.4. The van der Waals surface area contributed by atoms with Gasteiger partial charge in [0.25, 0.3) is 0 Å². The Morgan fingerprint density at radius 2 is 1.08 bits per heavy atom. The number of nitrogens with two attached hydrogens (primary N) is 1. The fourth-order valence-corrected chi connectivity index (χ4v) is 3.60. The molecule has 0 bridgehead atoms. The first-order valence-electron chi connectivity index (χ1n) is 11.7. The van der Waals surface area contributed by atoms with Crippen LogP contribution in [0.15, 0.2) is 48.5 Å². The normalized spacial score (nSPS) is 13.8. The predicted octanol–water partition coefficient (Wildman–Crippen LogP) is -0.846. The first-order chi connectivity index (χ1) is 18.4. The van der Waals surface area contributed by atoms with Gasteiger partial charge in [0.05, 0.1) is 12.5 Å². The van der Waals surface area contributed by atoms with Crippen molar-refractivity contribution < 1.29 is 44.4 Å². The third-order valence-corrected chi connectivity index (χ3v) is 5.94. The summed E-state index contributed by atoms with van der Waals surface area (Å²) in [5.74, 6) is -5.59. The van der Waals surface area contributed by atoms with Gasteiger partial charge in [-0.1, -0.05) is 24.3 Å². The summed E-state index contributed by atoms with van der Waals surface area (Å²) in [4.78, 5) is 61.4. The third kappa shape index (κ3) is 10.2. The minimum atomic E-state index is -1.77. The van der Waals surface area contributed by atoms with Gasteiger partial charge in [0, 0.05) is 18.6 Å². The number of thiol groups is 1. The second kappa shape index (κ2) is 14.6. The molecule has 0 aromatic heterocycles. The molecule has 0 saturated carbocycles. The molecule has 0 saturated heterocycles.